The van der Waals surface area contributed by atoms with Crippen LogP contribution in [0.15, 0.2) is 21.6 Å². The van der Waals surface area contributed by atoms with Crippen LogP contribution in [0.4, 0.5) is 0 Å². The van der Waals surface area contributed by atoms with E-state index in [0.717, 1.165) is 4.31 Å². The van der Waals surface area contributed by atoms with Crippen molar-refractivity contribution in [1.29, 1.82) is 0 Å². The van der Waals surface area contributed by atoms with Crippen LogP contribution < -0.4 is 5.32 Å². The molecule has 0 saturated heterocycles. The molecule has 11 heteroatoms. The maximum Gasteiger partial charge on any atom is 0.287 e. The Morgan fingerprint density at radius 2 is 2.20 bits per heavy atom. The van der Waals surface area contributed by atoms with Crippen LogP contribution in [0.3, 0.4) is 0 Å². The average Bonchev–Trinajstić information content (AvgIpc) is 3.07. The maximum atomic E-state index is 11.8. The minimum atomic E-state index is -3.70. The molecular formula is C9H12N6O4S. The molecule has 20 heavy (non-hydrogen) atoms. The van der Waals surface area contributed by atoms with E-state index in [1.807, 2.05) is 0 Å². The molecule has 0 unspecified atom stereocenters. The molecule has 0 bridgehead atoms. The molecule has 0 atom stereocenters. The Labute approximate surface area is 114 Å². The van der Waals surface area contributed by atoms with Crippen molar-refractivity contribution in [3.8, 4) is 0 Å². The molecule has 0 radical (unpaired) electrons. The summed E-state index contributed by atoms with van der Waals surface area (Å²) < 4.78 is 29.6. The number of rotatable bonds is 5. The zero-order valence-corrected chi connectivity index (χ0v) is 11.5. The van der Waals surface area contributed by atoms with Gasteiger partial charge in [-0.15, -0.1) is 10.2 Å². The van der Waals surface area contributed by atoms with Crippen LogP contribution in [0, 0.1) is 0 Å². The van der Waals surface area contributed by atoms with E-state index in [-0.39, 0.29) is 17.4 Å². The molecule has 0 spiro atoms. The molecule has 2 rings (SSSR count). The predicted octanol–water partition coefficient (Wildman–Crippen LogP) is -1.03. The van der Waals surface area contributed by atoms with Gasteiger partial charge in [0.25, 0.3) is 15.9 Å². The highest BCUT2D eigenvalue weighted by atomic mass is 32.2. The Morgan fingerprint density at radius 1 is 1.45 bits per heavy atom. The summed E-state index contributed by atoms with van der Waals surface area (Å²) in [6.07, 6.45) is 0. The summed E-state index contributed by atoms with van der Waals surface area (Å²) in [7, 11) is -0.963. The predicted molar refractivity (Wildman–Crippen MR) is 64.9 cm³/mol. The number of amides is 1. The lowest BCUT2D eigenvalue weighted by Crippen LogP contribution is -2.23. The SMILES string of the molecule is CN(C)S(=O)(=O)c1ccc(C(=O)NCc2nn[nH]n2)o1. The molecule has 2 aromatic rings. The number of carbonyl (C=O) groups excluding carboxylic acids is 1. The number of furan rings is 1. The van der Waals surface area contributed by atoms with E-state index in [2.05, 4.69) is 25.9 Å². The van der Waals surface area contributed by atoms with Gasteiger partial charge in [0.05, 0.1) is 6.54 Å². The van der Waals surface area contributed by atoms with E-state index in [1.54, 1.807) is 0 Å². The van der Waals surface area contributed by atoms with Gasteiger partial charge in [0.1, 0.15) is 0 Å². The molecule has 2 heterocycles. The van der Waals surface area contributed by atoms with E-state index < -0.39 is 15.9 Å². The topological polar surface area (TPSA) is 134 Å². The van der Waals surface area contributed by atoms with Crippen molar-refractivity contribution in [2.24, 2.45) is 0 Å². The first-order valence-corrected chi connectivity index (χ1v) is 6.88. The van der Waals surface area contributed by atoms with E-state index in [0.29, 0.717) is 5.82 Å². The second-order valence-electron chi connectivity index (χ2n) is 3.92. The fourth-order valence-electron chi connectivity index (χ4n) is 1.26. The average molecular weight is 300 g/mol. The van der Waals surface area contributed by atoms with Gasteiger partial charge < -0.3 is 9.73 Å². The second-order valence-corrected chi connectivity index (χ2v) is 6.00. The fourth-order valence-corrected chi connectivity index (χ4v) is 2.06. The number of aromatic amines is 1. The molecule has 0 aromatic carbocycles. The quantitative estimate of drug-likeness (QED) is 0.721. The van der Waals surface area contributed by atoms with Crippen LogP contribution in [0.1, 0.15) is 16.4 Å². The molecule has 0 aliphatic heterocycles. The van der Waals surface area contributed by atoms with Gasteiger partial charge in [-0.05, 0) is 12.1 Å². The monoisotopic (exact) mass is 300 g/mol. The molecule has 0 aliphatic rings. The van der Waals surface area contributed by atoms with Crippen molar-refractivity contribution in [2.75, 3.05) is 14.1 Å². The number of sulfonamides is 1. The smallest absolute Gasteiger partial charge is 0.287 e. The van der Waals surface area contributed by atoms with Gasteiger partial charge in [0.2, 0.25) is 5.09 Å². The molecule has 0 aliphatic carbocycles. The minimum Gasteiger partial charge on any atom is -0.438 e. The Hall–Kier alpha value is -2.27. The minimum absolute atomic E-state index is 0.0474. The number of aromatic nitrogens is 4. The van der Waals surface area contributed by atoms with Gasteiger partial charge in [-0.1, -0.05) is 5.21 Å². The van der Waals surface area contributed by atoms with Crippen molar-refractivity contribution in [3.05, 3.63) is 23.7 Å². The van der Waals surface area contributed by atoms with Crippen molar-refractivity contribution in [1.82, 2.24) is 30.2 Å². The van der Waals surface area contributed by atoms with Gasteiger partial charge in [-0.25, -0.2) is 12.7 Å². The van der Waals surface area contributed by atoms with Gasteiger partial charge >= 0.3 is 0 Å². The van der Waals surface area contributed by atoms with Crippen LogP contribution in [0.25, 0.3) is 0 Å². The summed E-state index contributed by atoms with van der Waals surface area (Å²) in [5, 5.41) is 15.1. The number of tetrazole rings is 1. The Balaban J connectivity index is 2.07. The first-order valence-electron chi connectivity index (χ1n) is 5.44. The Bertz CT molecular complexity index is 690. The lowest BCUT2D eigenvalue weighted by molar-refractivity contribution is 0.0916. The highest BCUT2D eigenvalue weighted by molar-refractivity contribution is 7.88. The highest BCUT2D eigenvalue weighted by Gasteiger charge is 2.23. The van der Waals surface area contributed by atoms with Crippen molar-refractivity contribution < 1.29 is 17.6 Å². The molecule has 2 aromatic heterocycles. The van der Waals surface area contributed by atoms with Crippen LogP contribution in [-0.2, 0) is 16.6 Å². The summed E-state index contributed by atoms with van der Waals surface area (Å²) in [6, 6.07) is 2.50. The standard InChI is InChI=1S/C9H12N6O4S/c1-15(2)20(17,18)8-4-3-6(19-8)9(16)10-5-7-11-13-14-12-7/h3-4H,5H2,1-2H3,(H,10,16)(H,11,12,13,14). The zero-order valence-electron chi connectivity index (χ0n) is 10.7. The lowest BCUT2D eigenvalue weighted by atomic mass is 10.4. The first-order chi connectivity index (χ1) is 9.41. The highest BCUT2D eigenvalue weighted by Crippen LogP contribution is 2.16. The maximum absolute atomic E-state index is 11.8. The molecule has 0 fully saturated rings. The number of nitrogens with one attached hydrogen (secondary N) is 2. The molecular weight excluding hydrogens is 288 g/mol. The summed E-state index contributed by atoms with van der Waals surface area (Å²) >= 11 is 0. The largest absolute Gasteiger partial charge is 0.438 e. The normalized spacial score (nSPS) is 11.8. The van der Waals surface area contributed by atoms with Crippen LogP contribution >= 0.6 is 0 Å². The lowest BCUT2D eigenvalue weighted by Gasteiger charge is -2.07. The van der Waals surface area contributed by atoms with Crippen molar-refractivity contribution in [3.63, 3.8) is 0 Å². The van der Waals surface area contributed by atoms with E-state index >= 15 is 0 Å². The van der Waals surface area contributed by atoms with E-state index in [4.69, 9.17) is 4.42 Å². The van der Waals surface area contributed by atoms with Crippen LogP contribution in [0.5, 0.6) is 0 Å². The molecule has 2 N–H and O–H groups in total. The third kappa shape index (κ3) is 2.83. The summed E-state index contributed by atoms with van der Waals surface area (Å²) in [5.41, 5.74) is 0. The van der Waals surface area contributed by atoms with Crippen molar-refractivity contribution in [2.45, 2.75) is 11.6 Å². The van der Waals surface area contributed by atoms with Crippen LogP contribution in [-0.4, -0.2) is 53.3 Å². The summed E-state index contributed by atoms with van der Waals surface area (Å²) in [4.78, 5) is 11.8. The third-order valence-electron chi connectivity index (χ3n) is 2.34. The zero-order chi connectivity index (χ0) is 14.8. The molecule has 108 valence electrons. The number of hydrogen-bond acceptors (Lipinski definition) is 7. The van der Waals surface area contributed by atoms with Gasteiger partial charge in [-0.3, -0.25) is 4.79 Å². The number of hydrogen-bond donors (Lipinski definition) is 2. The Morgan fingerprint density at radius 3 is 2.80 bits per heavy atom. The van der Waals surface area contributed by atoms with E-state index in [9.17, 15) is 13.2 Å². The number of carbonyl (C=O) groups is 1. The van der Waals surface area contributed by atoms with E-state index in [1.165, 1.54) is 26.2 Å². The molecule has 0 saturated carbocycles. The Kier molecular flexibility index (Phi) is 3.81. The molecule has 1 amide bonds. The fraction of sp³-hybridized carbons (Fsp3) is 0.333. The first kappa shape index (κ1) is 14.1. The van der Waals surface area contributed by atoms with Gasteiger partial charge in [0, 0.05) is 14.1 Å². The number of H-pyrrole nitrogens is 1. The third-order valence-corrected chi connectivity index (χ3v) is 4.03. The molecule has 10 nitrogen and oxygen atoms in total. The van der Waals surface area contributed by atoms with Crippen LogP contribution in [0.2, 0.25) is 0 Å². The second kappa shape index (κ2) is 5.38. The number of nitrogens with zero attached hydrogens (tertiary/aromatic N) is 4. The summed E-state index contributed by atoms with van der Waals surface area (Å²) in [6.45, 7) is 0.0474. The summed E-state index contributed by atoms with van der Waals surface area (Å²) in [5.74, 6) is -0.394. The van der Waals surface area contributed by atoms with Crippen molar-refractivity contribution >= 4 is 15.9 Å². The van der Waals surface area contributed by atoms with Gasteiger partial charge in [0.15, 0.2) is 11.6 Å². The van der Waals surface area contributed by atoms with Gasteiger partial charge in [-0.2, -0.15) is 5.21 Å².